The van der Waals surface area contributed by atoms with E-state index in [1.807, 2.05) is 0 Å². The first-order chi connectivity index (χ1) is 13.0. The zero-order valence-electron chi connectivity index (χ0n) is 14.4. The number of hydrogen-bond donors (Lipinski definition) is 3. The van der Waals surface area contributed by atoms with Gasteiger partial charge in [0.2, 0.25) is 17.4 Å². The van der Waals surface area contributed by atoms with Crippen LogP contribution >= 0.6 is 23.3 Å². The van der Waals surface area contributed by atoms with Crippen molar-refractivity contribution in [3.63, 3.8) is 0 Å². The number of aromatic nitrogens is 2. The van der Waals surface area contributed by atoms with Crippen LogP contribution in [0.1, 0.15) is 31.5 Å². The Balaban J connectivity index is 1.47. The quantitative estimate of drug-likeness (QED) is 0.335. The Labute approximate surface area is 163 Å². The fraction of sp³-hybridized carbons (Fsp3) is 0.667. The van der Waals surface area contributed by atoms with Gasteiger partial charge in [-0.3, -0.25) is 9.59 Å². The minimum Gasteiger partial charge on any atom is -0.392 e. The average molecular weight is 412 g/mol. The Hall–Kier alpha value is -1.92. The molecule has 10 nitrogen and oxygen atoms in total. The van der Waals surface area contributed by atoms with Gasteiger partial charge in [-0.25, -0.2) is 0 Å². The molecule has 146 valence electrons. The molecule has 12 heteroatoms. The molecule has 2 unspecified atom stereocenters. The van der Waals surface area contributed by atoms with Crippen LogP contribution < -0.4 is 11.1 Å². The molecule has 0 spiro atoms. The summed E-state index contributed by atoms with van der Waals surface area (Å²) in [7, 11) is 0. The number of anilines is 1. The van der Waals surface area contributed by atoms with E-state index in [-0.39, 0.29) is 34.1 Å². The minimum absolute atomic E-state index is 0.0278. The molecule has 0 radical (unpaired) electrons. The molecule has 1 saturated carbocycles. The van der Waals surface area contributed by atoms with Crippen LogP contribution in [-0.2, 0) is 14.4 Å². The molecule has 1 aromatic rings. The predicted molar refractivity (Wildman–Crippen MR) is 100 cm³/mol. The monoisotopic (exact) mass is 412 g/mol. The molecule has 2 aliphatic heterocycles. The number of nitrogens with two attached hydrogens (primary N) is 1. The van der Waals surface area contributed by atoms with Gasteiger partial charge < -0.3 is 25.9 Å². The zero-order valence-corrected chi connectivity index (χ0v) is 16.0. The van der Waals surface area contributed by atoms with Crippen LogP contribution in [0.4, 0.5) is 5.13 Å². The third kappa shape index (κ3) is 3.73. The van der Waals surface area contributed by atoms with Gasteiger partial charge in [-0.1, -0.05) is 5.16 Å². The van der Waals surface area contributed by atoms with E-state index in [0.717, 1.165) is 37.2 Å². The maximum Gasteiger partial charge on any atom is 0.278 e. The summed E-state index contributed by atoms with van der Waals surface area (Å²) < 4.78 is 4.04. The van der Waals surface area contributed by atoms with Crippen LogP contribution in [0.5, 0.6) is 0 Å². The first-order valence-electron chi connectivity index (χ1n) is 8.77. The number of nitrogens with one attached hydrogen (secondary N) is 1. The third-order valence-electron chi connectivity index (χ3n) is 4.76. The van der Waals surface area contributed by atoms with Crippen LogP contribution in [-0.4, -0.2) is 72.8 Å². The van der Waals surface area contributed by atoms with E-state index in [4.69, 9.17) is 10.6 Å². The van der Waals surface area contributed by atoms with Crippen LogP contribution in [0.25, 0.3) is 0 Å². The third-order valence-corrected chi connectivity index (χ3v) is 6.75. The lowest BCUT2D eigenvalue weighted by molar-refractivity contribution is -0.150. The molecule has 3 aliphatic rings. The Kier molecular flexibility index (Phi) is 5.19. The Morgan fingerprint density at radius 1 is 1.41 bits per heavy atom. The summed E-state index contributed by atoms with van der Waals surface area (Å²) in [5.41, 5.74) is 5.54. The number of β-lactam (4-membered cyclic amide) rings is 1. The van der Waals surface area contributed by atoms with Crippen molar-refractivity contribution in [1.29, 1.82) is 0 Å². The summed E-state index contributed by atoms with van der Waals surface area (Å²) in [6, 6.07) is -0.664. The van der Waals surface area contributed by atoms with Crippen molar-refractivity contribution in [1.82, 2.24) is 19.6 Å². The van der Waals surface area contributed by atoms with E-state index in [1.165, 1.54) is 11.8 Å². The van der Waals surface area contributed by atoms with Crippen LogP contribution in [0.15, 0.2) is 5.16 Å². The van der Waals surface area contributed by atoms with E-state index in [0.29, 0.717) is 12.3 Å². The predicted octanol–water partition coefficient (Wildman–Crippen LogP) is -0.456. The topological polar surface area (TPSA) is 143 Å². The van der Waals surface area contributed by atoms with E-state index in [2.05, 4.69) is 19.8 Å². The number of nitrogen functional groups attached to an aromatic ring is 1. The van der Waals surface area contributed by atoms with Gasteiger partial charge >= 0.3 is 0 Å². The van der Waals surface area contributed by atoms with Crippen molar-refractivity contribution >= 4 is 46.0 Å². The summed E-state index contributed by atoms with van der Waals surface area (Å²) in [5, 5.41) is 16.4. The first kappa shape index (κ1) is 18.4. The van der Waals surface area contributed by atoms with Gasteiger partial charge in [0, 0.05) is 23.8 Å². The maximum atomic E-state index is 12.8. The highest BCUT2D eigenvalue weighted by atomic mass is 32.2. The second-order valence-corrected chi connectivity index (χ2v) is 8.66. The summed E-state index contributed by atoms with van der Waals surface area (Å²) >= 11 is 2.40. The number of rotatable bonds is 5. The number of fused-ring (bicyclic) bond motifs is 1. The molecular weight excluding hydrogens is 392 g/mol. The zero-order chi connectivity index (χ0) is 19.0. The van der Waals surface area contributed by atoms with Gasteiger partial charge in [0.15, 0.2) is 5.13 Å². The number of aliphatic hydroxyl groups excluding tert-OH is 1. The van der Waals surface area contributed by atoms with Gasteiger partial charge in [-0.15, -0.1) is 11.8 Å². The van der Waals surface area contributed by atoms with E-state index in [1.54, 1.807) is 4.90 Å². The highest BCUT2D eigenvalue weighted by Crippen LogP contribution is 2.34. The van der Waals surface area contributed by atoms with Gasteiger partial charge in [-0.2, -0.15) is 9.36 Å². The number of hydrogen-bond acceptors (Lipinski definition) is 10. The fourth-order valence-corrected chi connectivity index (χ4v) is 5.08. The minimum atomic E-state index is -0.664. The lowest BCUT2D eigenvalue weighted by Gasteiger charge is -2.50. The van der Waals surface area contributed by atoms with Crippen LogP contribution in [0, 0.1) is 0 Å². The van der Waals surface area contributed by atoms with Crippen LogP contribution in [0.2, 0.25) is 0 Å². The first-order valence-corrected chi connectivity index (χ1v) is 10.6. The molecular formula is C15H20N6O4S2. The number of amides is 2. The molecule has 2 saturated heterocycles. The van der Waals surface area contributed by atoms with Crippen molar-refractivity contribution in [2.45, 2.75) is 49.3 Å². The molecule has 1 aliphatic carbocycles. The van der Waals surface area contributed by atoms with Crippen LogP contribution in [0.3, 0.4) is 0 Å². The Morgan fingerprint density at radius 2 is 2.19 bits per heavy atom. The lowest BCUT2D eigenvalue weighted by Crippen LogP contribution is -2.72. The molecule has 0 bridgehead atoms. The van der Waals surface area contributed by atoms with Crippen molar-refractivity contribution in [3.05, 3.63) is 5.82 Å². The SMILES string of the molecule is Nc1nc(C(=NOC2CCCC2)C(=O)NC2C(=O)N3CC(O)CS[C@@H]23)ns1. The van der Waals surface area contributed by atoms with E-state index in [9.17, 15) is 14.7 Å². The second kappa shape index (κ2) is 7.60. The number of thioether (sulfide) groups is 1. The lowest BCUT2D eigenvalue weighted by atomic mass is 10.1. The highest BCUT2D eigenvalue weighted by Gasteiger charge is 2.51. The smallest absolute Gasteiger partial charge is 0.278 e. The van der Waals surface area contributed by atoms with Crippen molar-refractivity contribution < 1.29 is 19.5 Å². The standard InChI is InChI=1S/C15H20N6O4S2/c16-15-18-11(20-27-15)9(19-25-8-3-1-2-4-8)12(23)17-10-13(24)21-5-7(22)6-26-14(10)21/h7-8,10,14,22H,1-6H2,(H,17,23)(H2,16,18,20)/t7?,10?,14-/m0/s1. The van der Waals surface area contributed by atoms with Gasteiger partial charge in [0.05, 0.1) is 6.10 Å². The molecule has 27 heavy (non-hydrogen) atoms. The normalized spacial score (nSPS) is 28.6. The van der Waals surface area contributed by atoms with Crippen molar-refractivity contribution in [2.24, 2.45) is 5.16 Å². The molecule has 1 aromatic heterocycles. The van der Waals surface area contributed by atoms with Gasteiger partial charge in [0.1, 0.15) is 17.5 Å². The number of aliphatic hydroxyl groups is 1. The molecule has 3 heterocycles. The fourth-order valence-electron chi connectivity index (χ4n) is 3.37. The Morgan fingerprint density at radius 3 is 2.89 bits per heavy atom. The van der Waals surface area contributed by atoms with E-state index < -0.39 is 18.1 Å². The average Bonchev–Trinajstić information content (AvgIpc) is 3.32. The van der Waals surface area contributed by atoms with Gasteiger partial charge in [-0.05, 0) is 25.7 Å². The largest absolute Gasteiger partial charge is 0.392 e. The number of carbonyl (C=O) groups is 2. The summed E-state index contributed by atoms with van der Waals surface area (Å²) in [6.45, 7) is 0.290. The molecule has 0 aromatic carbocycles. The summed E-state index contributed by atoms with van der Waals surface area (Å²) in [4.78, 5) is 36.1. The number of oxime groups is 1. The molecule has 4 N–H and O–H groups in total. The highest BCUT2D eigenvalue weighted by molar-refractivity contribution is 8.00. The summed E-state index contributed by atoms with van der Waals surface area (Å²) in [6.07, 6.45) is 3.36. The molecule has 3 atom stereocenters. The number of carbonyl (C=O) groups excluding carboxylic acids is 2. The summed E-state index contributed by atoms with van der Waals surface area (Å²) in [5.74, 6) is -0.184. The second-order valence-electron chi connectivity index (χ2n) is 6.73. The van der Waals surface area contributed by atoms with E-state index >= 15 is 0 Å². The maximum absolute atomic E-state index is 12.8. The molecule has 3 fully saturated rings. The van der Waals surface area contributed by atoms with Gasteiger partial charge in [0.25, 0.3) is 5.91 Å². The molecule has 4 rings (SSSR count). The number of nitrogens with zero attached hydrogens (tertiary/aromatic N) is 4. The Bertz CT molecular complexity index is 765. The van der Waals surface area contributed by atoms with Crippen molar-refractivity contribution in [2.75, 3.05) is 18.0 Å². The molecule has 2 amide bonds. The van der Waals surface area contributed by atoms with Crippen molar-refractivity contribution in [3.8, 4) is 0 Å².